The summed E-state index contributed by atoms with van der Waals surface area (Å²) in [5.74, 6) is -5.10. The number of hydrogen-bond acceptors (Lipinski definition) is 3. The van der Waals surface area contributed by atoms with E-state index in [1.54, 1.807) is 0 Å². The van der Waals surface area contributed by atoms with E-state index >= 15 is 0 Å². The first-order valence-electron chi connectivity index (χ1n) is 6.89. The lowest BCUT2D eigenvalue weighted by Gasteiger charge is -2.32. The number of rotatable bonds is 4. The molecule has 116 valence electrons. The summed E-state index contributed by atoms with van der Waals surface area (Å²) in [4.78, 5) is 14.1. The van der Waals surface area contributed by atoms with Crippen LogP contribution in [0.15, 0.2) is 12.1 Å². The molecule has 1 aromatic rings. The molecule has 0 radical (unpaired) electrons. The maximum absolute atomic E-state index is 13.5. The topological polar surface area (TPSA) is 58.4 Å². The van der Waals surface area contributed by atoms with Crippen molar-refractivity contribution in [1.29, 1.82) is 0 Å². The van der Waals surface area contributed by atoms with Crippen molar-refractivity contribution in [2.45, 2.75) is 18.9 Å². The van der Waals surface area contributed by atoms with E-state index in [0.29, 0.717) is 6.54 Å². The van der Waals surface area contributed by atoms with Gasteiger partial charge in [0.25, 0.3) is 5.91 Å². The van der Waals surface area contributed by atoms with Crippen molar-refractivity contribution in [3.63, 3.8) is 0 Å². The van der Waals surface area contributed by atoms with Crippen molar-refractivity contribution < 1.29 is 18.0 Å². The van der Waals surface area contributed by atoms with Crippen LogP contribution in [0.1, 0.15) is 23.2 Å². The molecule has 0 spiro atoms. The third-order valence-corrected chi connectivity index (χ3v) is 3.65. The Morgan fingerprint density at radius 2 is 1.90 bits per heavy atom. The van der Waals surface area contributed by atoms with Crippen molar-refractivity contribution in [1.82, 2.24) is 10.2 Å². The Hall–Kier alpha value is -1.60. The molecule has 2 rings (SSSR count). The molecule has 0 atom stereocenters. The summed E-state index contributed by atoms with van der Waals surface area (Å²) in [6, 6.07) is 1.60. The van der Waals surface area contributed by atoms with Crippen LogP contribution in [0, 0.1) is 17.5 Å². The van der Waals surface area contributed by atoms with Crippen LogP contribution in [0.2, 0.25) is 0 Å². The second-order valence-electron chi connectivity index (χ2n) is 5.10. The van der Waals surface area contributed by atoms with Gasteiger partial charge < -0.3 is 16.0 Å². The van der Waals surface area contributed by atoms with Crippen LogP contribution >= 0.6 is 0 Å². The van der Waals surface area contributed by atoms with Crippen molar-refractivity contribution in [2.24, 2.45) is 5.73 Å². The molecule has 1 fully saturated rings. The monoisotopic (exact) mass is 301 g/mol. The fourth-order valence-electron chi connectivity index (χ4n) is 2.45. The molecule has 1 aromatic carbocycles. The quantitative estimate of drug-likeness (QED) is 0.823. The minimum absolute atomic E-state index is 0.0981. The number of carbonyl (C=O) groups excluding carboxylic acids is 1. The van der Waals surface area contributed by atoms with E-state index in [0.717, 1.165) is 44.6 Å². The van der Waals surface area contributed by atoms with Gasteiger partial charge in [-0.2, -0.15) is 0 Å². The third kappa shape index (κ3) is 3.74. The molecule has 1 amide bonds. The Kier molecular flexibility index (Phi) is 5.19. The summed E-state index contributed by atoms with van der Waals surface area (Å²) in [7, 11) is 0. The van der Waals surface area contributed by atoms with E-state index in [1.165, 1.54) is 0 Å². The molecular weight excluding hydrogens is 283 g/mol. The zero-order chi connectivity index (χ0) is 15.4. The van der Waals surface area contributed by atoms with Crippen LogP contribution in [0.25, 0.3) is 0 Å². The Balaban J connectivity index is 1.95. The zero-order valence-electron chi connectivity index (χ0n) is 11.5. The number of halogens is 3. The number of hydrogen-bond donors (Lipinski definition) is 2. The largest absolute Gasteiger partial charge is 0.349 e. The Morgan fingerprint density at radius 3 is 2.52 bits per heavy atom. The number of nitrogens with two attached hydrogens (primary N) is 1. The molecule has 1 saturated heterocycles. The predicted molar refractivity (Wildman–Crippen MR) is 72.3 cm³/mol. The van der Waals surface area contributed by atoms with E-state index in [-0.39, 0.29) is 6.04 Å². The summed E-state index contributed by atoms with van der Waals surface area (Å²) in [6.07, 6.45) is 1.44. The number of likely N-dealkylation sites (tertiary alicyclic amines) is 1. The normalized spacial score (nSPS) is 17.0. The maximum Gasteiger partial charge on any atom is 0.254 e. The second-order valence-corrected chi connectivity index (χ2v) is 5.10. The highest BCUT2D eigenvalue weighted by Crippen LogP contribution is 2.16. The molecule has 0 saturated carbocycles. The van der Waals surface area contributed by atoms with Gasteiger partial charge in [-0.15, -0.1) is 0 Å². The maximum atomic E-state index is 13.5. The van der Waals surface area contributed by atoms with Gasteiger partial charge in [-0.3, -0.25) is 4.79 Å². The van der Waals surface area contributed by atoms with Crippen LogP contribution in [0.5, 0.6) is 0 Å². The second kappa shape index (κ2) is 6.91. The molecule has 1 aliphatic heterocycles. The molecule has 0 unspecified atom stereocenters. The van der Waals surface area contributed by atoms with Crippen molar-refractivity contribution in [2.75, 3.05) is 26.2 Å². The van der Waals surface area contributed by atoms with Crippen LogP contribution in [-0.4, -0.2) is 43.0 Å². The fourth-order valence-corrected chi connectivity index (χ4v) is 2.45. The highest BCUT2D eigenvalue weighted by atomic mass is 19.2. The minimum Gasteiger partial charge on any atom is -0.349 e. The van der Waals surface area contributed by atoms with Gasteiger partial charge >= 0.3 is 0 Å². The Bertz CT molecular complexity index is 516. The number of nitrogens with one attached hydrogen (secondary N) is 1. The van der Waals surface area contributed by atoms with Gasteiger partial charge in [-0.1, -0.05) is 0 Å². The SMILES string of the molecule is NCCN1CCC(NC(=O)c2ccc(F)c(F)c2F)CC1. The lowest BCUT2D eigenvalue weighted by atomic mass is 10.0. The van der Waals surface area contributed by atoms with Crippen LogP contribution in [0.3, 0.4) is 0 Å². The number of amides is 1. The van der Waals surface area contributed by atoms with E-state index in [4.69, 9.17) is 5.73 Å². The lowest BCUT2D eigenvalue weighted by molar-refractivity contribution is 0.0906. The summed E-state index contributed by atoms with van der Waals surface area (Å²) in [5, 5.41) is 2.66. The van der Waals surface area contributed by atoms with Gasteiger partial charge in [0.2, 0.25) is 0 Å². The number of nitrogens with zero attached hydrogens (tertiary/aromatic N) is 1. The van der Waals surface area contributed by atoms with Gasteiger partial charge in [-0.05, 0) is 25.0 Å². The molecule has 21 heavy (non-hydrogen) atoms. The number of benzene rings is 1. The fraction of sp³-hybridized carbons (Fsp3) is 0.500. The summed E-state index contributed by atoms with van der Waals surface area (Å²) in [5.41, 5.74) is 5.00. The van der Waals surface area contributed by atoms with E-state index in [2.05, 4.69) is 10.2 Å². The first-order valence-corrected chi connectivity index (χ1v) is 6.89. The number of carbonyl (C=O) groups is 1. The third-order valence-electron chi connectivity index (χ3n) is 3.65. The summed E-state index contributed by atoms with van der Waals surface area (Å²) < 4.78 is 39.5. The average molecular weight is 301 g/mol. The highest BCUT2D eigenvalue weighted by Gasteiger charge is 2.23. The van der Waals surface area contributed by atoms with Crippen LogP contribution in [0.4, 0.5) is 13.2 Å². The molecule has 1 heterocycles. The van der Waals surface area contributed by atoms with E-state index in [9.17, 15) is 18.0 Å². The van der Waals surface area contributed by atoms with Crippen molar-refractivity contribution in [3.05, 3.63) is 35.1 Å². The first kappa shape index (κ1) is 15.8. The molecule has 3 N–H and O–H groups in total. The predicted octanol–water partition coefficient (Wildman–Crippen LogP) is 1.26. The van der Waals surface area contributed by atoms with Gasteiger partial charge in [-0.25, -0.2) is 13.2 Å². The summed E-state index contributed by atoms with van der Waals surface area (Å²) in [6.45, 7) is 2.97. The molecule has 4 nitrogen and oxygen atoms in total. The minimum atomic E-state index is -1.62. The molecule has 0 aliphatic carbocycles. The van der Waals surface area contributed by atoms with E-state index in [1.807, 2.05) is 0 Å². The van der Waals surface area contributed by atoms with Crippen LogP contribution < -0.4 is 11.1 Å². The molecular formula is C14H18F3N3O. The van der Waals surface area contributed by atoms with Crippen LogP contribution in [-0.2, 0) is 0 Å². The van der Waals surface area contributed by atoms with Gasteiger partial charge in [0, 0.05) is 32.2 Å². The van der Waals surface area contributed by atoms with Gasteiger partial charge in [0.05, 0.1) is 5.56 Å². The van der Waals surface area contributed by atoms with Gasteiger partial charge in [0.15, 0.2) is 17.5 Å². The molecule has 0 bridgehead atoms. The standard InChI is InChI=1S/C14H18F3N3O/c15-11-2-1-10(12(16)13(11)17)14(21)19-9-3-6-20(7-4-9)8-5-18/h1-2,9H,3-8,18H2,(H,19,21). The average Bonchev–Trinajstić information content (AvgIpc) is 2.47. The Labute approximate surface area is 121 Å². The molecule has 0 aromatic heterocycles. The first-order chi connectivity index (χ1) is 10.0. The van der Waals surface area contributed by atoms with Crippen molar-refractivity contribution >= 4 is 5.91 Å². The zero-order valence-corrected chi connectivity index (χ0v) is 11.5. The highest BCUT2D eigenvalue weighted by molar-refractivity contribution is 5.94. The van der Waals surface area contributed by atoms with E-state index < -0.39 is 28.9 Å². The molecule has 1 aliphatic rings. The molecule has 7 heteroatoms. The van der Waals surface area contributed by atoms with Gasteiger partial charge in [0.1, 0.15) is 0 Å². The lowest BCUT2D eigenvalue weighted by Crippen LogP contribution is -2.45. The number of piperidine rings is 1. The Morgan fingerprint density at radius 1 is 1.24 bits per heavy atom. The smallest absolute Gasteiger partial charge is 0.254 e. The summed E-state index contributed by atoms with van der Waals surface area (Å²) >= 11 is 0. The van der Waals surface area contributed by atoms with Crippen molar-refractivity contribution in [3.8, 4) is 0 Å².